The SMILES string of the molecule is Cc1ccc(C(=O)NCc2cn(CCCOC(=O)[C@]34CC[C@@H](C)[C@H](C)[C@H]3C3=CC[C@@H]5[C@@]6(C)CC[C@H](O)C(C)(C)C6CC[C@@]5(C)[C@]3(C)CC4)nn2)cc1. The molecule has 0 radical (unpaired) electrons. The number of ether oxygens (including phenoxy) is 1. The number of hydrogen-bond donors (Lipinski definition) is 2. The van der Waals surface area contributed by atoms with E-state index in [2.05, 4.69) is 70.2 Å². The topological polar surface area (TPSA) is 106 Å². The number of benzene rings is 1. The zero-order valence-corrected chi connectivity index (χ0v) is 33.1. The largest absolute Gasteiger partial charge is 0.465 e. The van der Waals surface area contributed by atoms with Crippen molar-refractivity contribution in [3.8, 4) is 0 Å². The highest BCUT2D eigenvalue weighted by Crippen LogP contribution is 2.75. The molecular formula is C44H64N4O4. The summed E-state index contributed by atoms with van der Waals surface area (Å²) in [6.45, 7) is 20.4. The van der Waals surface area contributed by atoms with Gasteiger partial charge in [0.2, 0.25) is 0 Å². The van der Waals surface area contributed by atoms with E-state index >= 15 is 0 Å². The molecule has 1 heterocycles. The first kappa shape index (κ1) is 37.3. The molecule has 5 aliphatic rings. The monoisotopic (exact) mass is 712 g/mol. The van der Waals surface area contributed by atoms with Gasteiger partial charge in [0, 0.05) is 18.5 Å². The van der Waals surface area contributed by atoms with Crippen molar-refractivity contribution in [3.63, 3.8) is 0 Å². The van der Waals surface area contributed by atoms with E-state index in [1.165, 1.54) is 12.8 Å². The fourth-order valence-electron chi connectivity index (χ4n) is 12.9. The van der Waals surface area contributed by atoms with Crippen LogP contribution in [0.15, 0.2) is 42.1 Å². The lowest BCUT2D eigenvalue weighted by molar-refractivity contribution is -0.207. The number of rotatable bonds is 8. The van der Waals surface area contributed by atoms with Crippen LogP contribution in [0.3, 0.4) is 0 Å². The summed E-state index contributed by atoms with van der Waals surface area (Å²) in [7, 11) is 0. The number of esters is 1. The molecule has 52 heavy (non-hydrogen) atoms. The van der Waals surface area contributed by atoms with Crippen LogP contribution in [-0.4, -0.2) is 44.7 Å². The van der Waals surface area contributed by atoms with Crippen LogP contribution in [0.4, 0.5) is 0 Å². The molecule has 4 fully saturated rings. The standard InChI is InChI=1S/C44H64N4O4/c1-28-10-12-31(13-11-28)38(50)45-26-32-27-48(47-46-32)24-9-25-52-39(51)44-21-16-29(2)30(3)37(44)33-14-15-35-41(6)19-18-36(49)40(4,5)34(41)17-20-43(35,8)42(33,7)22-23-44/h10-14,27,29-30,34-37,49H,9,15-26H2,1-8H3,(H,45,50)/t29-,30+,34?,35-,36+,37+,41+,42-,43-,44+/m1/s1. The van der Waals surface area contributed by atoms with Gasteiger partial charge in [-0.2, -0.15) is 0 Å². The van der Waals surface area contributed by atoms with Crippen LogP contribution in [-0.2, 0) is 22.6 Å². The molecule has 0 spiro atoms. The van der Waals surface area contributed by atoms with E-state index in [1.807, 2.05) is 37.4 Å². The van der Waals surface area contributed by atoms with Crippen LogP contribution in [0.2, 0.25) is 0 Å². The second-order valence-corrected chi connectivity index (χ2v) is 19.2. The van der Waals surface area contributed by atoms with Crippen molar-refractivity contribution in [2.45, 2.75) is 139 Å². The Hall–Kier alpha value is -3.00. The summed E-state index contributed by atoms with van der Waals surface area (Å²) in [5.74, 6) is 2.17. The Balaban J connectivity index is 1.02. The van der Waals surface area contributed by atoms with E-state index in [1.54, 1.807) is 10.3 Å². The maximum Gasteiger partial charge on any atom is 0.312 e. The number of carbonyl (C=O) groups is 2. The predicted molar refractivity (Wildman–Crippen MR) is 203 cm³/mol. The summed E-state index contributed by atoms with van der Waals surface area (Å²) in [5, 5.41) is 22.5. The number of aryl methyl sites for hydroxylation is 2. The van der Waals surface area contributed by atoms with Gasteiger partial charge in [-0.15, -0.1) is 5.10 Å². The molecule has 0 bridgehead atoms. The molecule has 0 saturated heterocycles. The maximum atomic E-state index is 14.4. The molecular weight excluding hydrogens is 649 g/mol. The van der Waals surface area contributed by atoms with E-state index in [-0.39, 0.29) is 45.6 Å². The molecule has 1 unspecified atom stereocenters. The number of allylic oxidation sites excluding steroid dienone is 2. The van der Waals surface area contributed by atoms with Crippen molar-refractivity contribution in [3.05, 3.63) is 58.9 Å². The van der Waals surface area contributed by atoms with Gasteiger partial charge in [0.15, 0.2) is 0 Å². The normalized spacial score (nSPS) is 39.2. The lowest BCUT2D eigenvalue weighted by atomic mass is 9.33. The minimum absolute atomic E-state index is 0.00302. The van der Waals surface area contributed by atoms with E-state index in [0.717, 1.165) is 50.5 Å². The smallest absolute Gasteiger partial charge is 0.312 e. The van der Waals surface area contributed by atoms with Gasteiger partial charge in [-0.05, 0) is 128 Å². The summed E-state index contributed by atoms with van der Waals surface area (Å²) >= 11 is 0. The predicted octanol–water partition coefficient (Wildman–Crippen LogP) is 8.47. The van der Waals surface area contributed by atoms with Crippen molar-refractivity contribution >= 4 is 11.9 Å². The molecule has 284 valence electrons. The van der Waals surface area contributed by atoms with Crippen molar-refractivity contribution in [1.29, 1.82) is 0 Å². The van der Waals surface area contributed by atoms with Gasteiger partial charge < -0.3 is 15.2 Å². The molecule has 7 rings (SSSR count). The molecule has 4 saturated carbocycles. The number of nitrogens with one attached hydrogen (secondary N) is 1. The van der Waals surface area contributed by atoms with Gasteiger partial charge >= 0.3 is 5.97 Å². The van der Waals surface area contributed by atoms with Gasteiger partial charge in [0.25, 0.3) is 5.91 Å². The first-order chi connectivity index (χ1) is 24.6. The average molecular weight is 713 g/mol. The molecule has 5 aliphatic carbocycles. The number of aliphatic hydroxyl groups is 1. The lowest BCUT2D eigenvalue weighted by Gasteiger charge is -2.71. The van der Waals surface area contributed by atoms with Crippen LogP contribution in [0.1, 0.15) is 134 Å². The van der Waals surface area contributed by atoms with Crippen LogP contribution in [0.25, 0.3) is 0 Å². The zero-order valence-electron chi connectivity index (χ0n) is 33.1. The number of amides is 1. The van der Waals surface area contributed by atoms with Crippen molar-refractivity contribution in [1.82, 2.24) is 20.3 Å². The quantitative estimate of drug-likeness (QED) is 0.162. The van der Waals surface area contributed by atoms with Gasteiger partial charge in [-0.25, -0.2) is 0 Å². The first-order valence-corrected chi connectivity index (χ1v) is 20.4. The third-order valence-corrected chi connectivity index (χ3v) is 16.5. The highest BCUT2D eigenvalue weighted by Gasteiger charge is 2.69. The number of carbonyl (C=O) groups excluding carboxylic acids is 2. The van der Waals surface area contributed by atoms with Gasteiger partial charge in [-0.3, -0.25) is 14.3 Å². The molecule has 10 atom stereocenters. The number of fused-ring (bicyclic) bond motifs is 7. The van der Waals surface area contributed by atoms with Crippen molar-refractivity contribution in [2.75, 3.05) is 6.61 Å². The Labute approximate surface area is 311 Å². The Morgan fingerprint density at radius 3 is 2.46 bits per heavy atom. The molecule has 8 nitrogen and oxygen atoms in total. The van der Waals surface area contributed by atoms with E-state index in [9.17, 15) is 14.7 Å². The van der Waals surface area contributed by atoms with Crippen molar-refractivity contribution < 1.29 is 19.4 Å². The molecule has 8 heteroatoms. The van der Waals surface area contributed by atoms with Gasteiger partial charge in [-0.1, -0.05) is 83.0 Å². The Morgan fingerprint density at radius 1 is 0.962 bits per heavy atom. The number of aliphatic hydroxyl groups excluding tert-OH is 1. The molecule has 2 aromatic rings. The van der Waals surface area contributed by atoms with Gasteiger partial charge in [0.1, 0.15) is 5.69 Å². The fraction of sp³-hybridized carbons (Fsp3) is 0.727. The fourth-order valence-corrected chi connectivity index (χ4v) is 12.9. The van der Waals surface area contributed by atoms with Crippen LogP contribution >= 0.6 is 0 Å². The summed E-state index contributed by atoms with van der Waals surface area (Å²) < 4.78 is 8.02. The van der Waals surface area contributed by atoms with E-state index in [4.69, 9.17) is 4.74 Å². The van der Waals surface area contributed by atoms with E-state index < -0.39 is 5.41 Å². The second-order valence-electron chi connectivity index (χ2n) is 19.2. The molecule has 1 aromatic heterocycles. The molecule has 1 amide bonds. The highest BCUT2D eigenvalue weighted by atomic mass is 16.5. The Bertz CT molecular complexity index is 1700. The summed E-state index contributed by atoms with van der Waals surface area (Å²) in [4.78, 5) is 27.0. The summed E-state index contributed by atoms with van der Waals surface area (Å²) in [6.07, 6.45) is 14.3. The Kier molecular flexibility index (Phi) is 9.61. The number of hydrogen-bond acceptors (Lipinski definition) is 6. The first-order valence-electron chi connectivity index (χ1n) is 20.4. The third kappa shape index (κ3) is 5.80. The van der Waals surface area contributed by atoms with Gasteiger partial charge in [0.05, 0.1) is 30.9 Å². The average Bonchev–Trinajstić information content (AvgIpc) is 3.57. The van der Waals surface area contributed by atoms with E-state index in [0.29, 0.717) is 61.0 Å². The van der Waals surface area contributed by atoms with Crippen LogP contribution in [0, 0.1) is 63.6 Å². The molecule has 1 aromatic carbocycles. The summed E-state index contributed by atoms with van der Waals surface area (Å²) in [6, 6.07) is 7.50. The lowest BCUT2D eigenvalue weighted by Crippen LogP contribution is -2.65. The minimum atomic E-state index is -0.464. The second kappa shape index (κ2) is 13.4. The van der Waals surface area contributed by atoms with Crippen LogP contribution < -0.4 is 5.32 Å². The number of nitrogens with zero attached hydrogens (tertiary/aromatic N) is 3. The minimum Gasteiger partial charge on any atom is -0.465 e. The number of aromatic nitrogens is 3. The highest BCUT2D eigenvalue weighted by molar-refractivity contribution is 5.94. The molecule has 0 aliphatic heterocycles. The third-order valence-electron chi connectivity index (χ3n) is 16.5. The summed E-state index contributed by atoms with van der Waals surface area (Å²) in [5.41, 5.74) is 3.89. The maximum absolute atomic E-state index is 14.4. The molecule has 2 N–H and O–H groups in total. The van der Waals surface area contributed by atoms with Crippen molar-refractivity contribution in [2.24, 2.45) is 56.7 Å². The van der Waals surface area contributed by atoms with Crippen LogP contribution in [0.5, 0.6) is 0 Å². The Morgan fingerprint density at radius 2 is 1.71 bits per heavy atom. The zero-order chi connectivity index (χ0) is 37.3.